The lowest BCUT2D eigenvalue weighted by molar-refractivity contribution is 0.0220. The number of nitrogens with zero attached hydrogens (tertiary/aromatic N) is 1. The molecule has 1 rings (SSSR count). The lowest BCUT2D eigenvalue weighted by Gasteiger charge is -2.05. The van der Waals surface area contributed by atoms with E-state index in [4.69, 9.17) is 9.63 Å². The molecule has 5 nitrogen and oxygen atoms in total. The van der Waals surface area contributed by atoms with Crippen molar-refractivity contribution in [2.24, 2.45) is 4.99 Å². The standard InChI is InChI=1S/C6H10NO4P/c1-7-6-3-2-5(11-6)4-10-12(8)9/h5-6H,1-4H2/p+1/t5?,6-/m1/s1. The molecule has 0 aromatic heterocycles. The molecule has 0 saturated carbocycles. The maximum Gasteiger partial charge on any atom is 0.694 e. The smallest absolute Gasteiger partial charge is 0.351 e. The van der Waals surface area contributed by atoms with Gasteiger partial charge in [-0.05, 0) is 19.6 Å². The van der Waals surface area contributed by atoms with Crippen molar-refractivity contribution in [1.29, 1.82) is 0 Å². The third kappa shape index (κ3) is 2.95. The molecule has 0 bridgehead atoms. The van der Waals surface area contributed by atoms with Gasteiger partial charge in [0.2, 0.25) is 0 Å². The minimum absolute atomic E-state index is 0.119. The molecule has 1 fully saturated rings. The molecule has 0 aliphatic carbocycles. The molecule has 12 heavy (non-hydrogen) atoms. The summed E-state index contributed by atoms with van der Waals surface area (Å²) in [6, 6.07) is 0. The fourth-order valence-electron chi connectivity index (χ4n) is 1.09. The lowest BCUT2D eigenvalue weighted by atomic mass is 10.2. The Morgan fingerprint density at radius 2 is 2.50 bits per heavy atom. The first-order chi connectivity index (χ1) is 5.72. The van der Waals surface area contributed by atoms with Gasteiger partial charge in [-0.3, -0.25) is 4.99 Å². The molecule has 1 saturated heterocycles. The van der Waals surface area contributed by atoms with Gasteiger partial charge in [-0.1, -0.05) is 0 Å². The van der Waals surface area contributed by atoms with Crippen LogP contribution in [0.2, 0.25) is 0 Å². The van der Waals surface area contributed by atoms with Crippen LogP contribution in [0.1, 0.15) is 12.8 Å². The first-order valence-electron chi connectivity index (χ1n) is 3.62. The molecular weight excluding hydrogens is 181 g/mol. The van der Waals surface area contributed by atoms with Crippen LogP contribution < -0.4 is 0 Å². The summed E-state index contributed by atoms with van der Waals surface area (Å²) in [6.07, 6.45) is 1.31. The van der Waals surface area contributed by atoms with E-state index in [2.05, 4.69) is 16.2 Å². The van der Waals surface area contributed by atoms with Crippen molar-refractivity contribution in [3.63, 3.8) is 0 Å². The predicted octanol–water partition coefficient (Wildman–Crippen LogP) is 0.858. The van der Waals surface area contributed by atoms with Gasteiger partial charge in [-0.25, -0.2) is 0 Å². The molecule has 1 aliphatic heterocycles. The molecule has 0 aromatic carbocycles. The van der Waals surface area contributed by atoms with E-state index in [9.17, 15) is 4.57 Å². The van der Waals surface area contributed by atoms with Gasteiger partial charge in [0, 0.05) is 4.57 Å². The topological polar surface area (TPSA) is 68.1 Å². The molecule has 68 valence electrons. The van der Waals surface area contributed by atoms with Crippen molar-refractivity contribution in [3.8, 4) is 0 Å². The summed E-state index contributed by atoms with van der Waals surface area (Å²) < 4.78 is 19.9. The Morgan fingerprint density at radius 3 is 3.00 bits per heavy atom. The summed E-state index contributed by atoms with van der Waals surface area (Å²) in [7, 11) is -2.51. The molecule has 2 unspecified atom stereocenters. The molecule has 0 spiro atoms. The second-order valence-corrected chi connectivity index (χ2v) is 3.24. The van der Waals surface area contributed by atoms with E-state index in [1.807, 2.05) is 0 Å². The van der Waals surface area contributed by atoms with Gasteiger partial charge in [0.25, 0.3) is 0 Å². The van der Waals surface area contributed by atoms with E-state index in [0.717, 1.165) is 12.8 Å². The van der Waals surface area contributed by atoms with Gasteiger partial charge in [-0.2, -0.15) is 0 Å². The predicted molar refractivity (Wildman–Crippen MR) is 43.2 cm³/mol. The van der Waals surface area contributed by atoms with Crippen molar-refractivity contribution in [3.05, 3.63) is 0 Å². The van der Waals surface area contributed by atoms with Crippen molar-refractivity contribution >= 4 is 15.0 Å². The molecule has 6 heteroatoms. The maximum absolute atomic E-state index is 10.1. The van der Waals surface area contributed by atoms with Crippen LogP contribution in [0.4, 0.5) is 0 Å². The maximum atomic E-state index is 10.1. The SMILES string of the molecule is C=N[C@H]1CCC(CO[P+](=O)O)O1. The van der Waals surface area contributed by atoms with Gasteiger partial charge < -0.3 is 4.74 Å². The zero-order valence-electron chi connectivity index (χ0n) is 6.55. The van der Waals surface area contributed by atoms with E-state index in [0.29, 0.717) is 0 Å². The third-order valence-corrected chi connectivity index (χ3v) is 2.03. The fourth-order valence-corrected chi connectivity index (χ4v) is 1.38. The Kier molecular flexibility index (Phi) is 3.75. The van der Waals surface area contributed by atoms with Crippen LogP contribution in [-0.2, 0) is 13.8 Å². The summed E-state index contributed by atoms with van der Waals surface area (Å²) in [5.41, 5.74) is 0. The average Bonchev–Trinajstić information content (AvgIpc) is 2.48. The van der Waals surface area contributed by atoms with Crippen LogP contribution in [0.5, 0.6) is 0 Å². The molecular formula is C6H11NO4P+. The Balaban J connectivity index is 2.19. The largest absolute Gasteiger partial charge is 0.694 e. The highest BCUT2D eigenvalue weighted by Crippen LogP contribution is 2.23. The van der Waals surface area contributed by atoms with E-state index in [1.54, 1.807) is 0 Å². The Hall–Kier alpha value is -0.350. The van der Waals surface area contributed by atoms with Crippen molar-refractivity contribution < 1.29 is 18.7 Å². The number of aliphatic imine (C=N–C) groups is 1. The van der Waals surface area contributed by atoms with Crippen LogP contribution in [0.3, 0.4) is 0 Å². The fraction of sp³-hybridized carbons (Fsp3) is 0.833. The summed E-state index contributed by atoms with van der Waals surface area (Å²) in [6.45, 7) is 3.50. The van der Waals surface area contributed by atoms with E-state index in [-0.39, 0.29) is 18.9 Å². The molecule has 0 aromatic rings. The Bertz CT molecular complexity index is 186. The molecule has 1 aliphatic rings. The van der Waals surface area contributed by atoms with Gasteiger partial charge in [-0.15, -0.1) is 9.42 Å². The summed E-state index contributed by atoms with van der Waals surface area (Å²) in [5.74, 6) is 0. The molecule has 1 N–H and O–H groups in total. The minimum atomic E-state index is -2.51. The summed E-state index contributed by atoms with van der Waals surface area (Å²) >= 11 is 0. The zero-order valence-corrected chi connectivity index (χ0v) is 7.44. The highest BCUT2D eigenvalue weighted by molar-refractivity contribution is 7.32. The number of rotatable bonds is 4. The lowest BCUT2D eigenvalue weighted by Crippen LogP contribution is -2.14. The van der Waals surface area contributed by atoms with E-state index < -0.39 is 8.25 Å². The monoisotopic (exact) mass is 192 g/mol. The van der Waals surface area contributed by atoms with Crippen molar-refractivity contribution in [2.75, 3.05) is 6.61 Å². The highest BCUT2D eigenvalue weighted by Gasteiger charge is 2.27. The van der Waals surface area contributed by atoms with Crippen LogP contribution in [0, 0.1) is 0 Å². The molecule has 3 atom stereocenters. The number of hydrogen-bond donors (Lipinski definition) is 1. The van der Waals surface area contributed by atoms with E-state index in [1.165, 1.54) is 0 Å². The van der Waals surface area contributed by atoms with Gasteiger partial charge in [0.05, 0.1) is 6.10 Å². The number of ether oxygens (including phenoxy) is 1. The first-order valence-corrected chi connectivity index (χ1v) is 4.75. The Labute approximate surface area is 71.4 Å². The Morgan fingerprint density at radius 1 is 1.75 bits per heavy atom. The summed E-state index contributed by atoms with van der Waals surface area (Å²) in [5, 5.41) is 0. The summed E-state index contributed by atoms with van der Waals surface area (Å²) in [4.78, 5) is 12.0. The van der Waals surface area contributed by atoms with Crippen LogP contribution in [-0.4, -0.2) is 30.5 Å². The second-order valence-electron chi connectivity index (χ2n) is 2.51. The molecule has 0 radical (unpaired) electrons. The van der Waals surface area contributed by atoms with Gasteiger partial charge in [0.15, 0.2) is 0 Å². The molecule has 0 amide bonds. The van der Waals surface area contributed by atoms with Crippen molar-refractivity contribution in [1.82, 2.24) is 0 Å². The van der Waals surface area contributed by atoms with Crippen LogP contribution >= 0.6 is 8.25 Å². The second kappa shape index (κ2) is 4.62. The van der Waals surface area contributed by atoms with Crippen LogP contribution in [0.25, 0.3) is 0 Å². The van der Waals surface area contributed by atoms with Gasteiger partial charge in [0.1, 0.15) is 12.8 Å². The van der Waals surface area contributed by atoms with E-state index >= 15 is 0 Å². The first kappa shape index (κ1) is 9.74. The average molecular weight is 192 g/mol. The third-order valence-electron chi connectivity index (χ3n) is 1.66. The van der Waals surface area contributed by atoms with Crippen LogP contribution in [0.15, 0.2) is 4.99 Å². The molecule has 1 heterocycles. The zero-order chi connectivity index (χ0) is 8.97. The van der Waals surface area contributed by atoms with Crippen molar-refractivity contribution in [2.45, 2.75) is 25.2 Å². The van der Waals surface area contributed by atoms with Gasteiger partial charge >= 0.3 is 8.25 Å². The minimum Gasteiger partial charge on any atom is -0.351 e. The normalized spacial score (nSPS) is 30.2. The quantitative estimate of drug-likeness (QED) is 0.529. The number of hydrogen-bond acceptors (Lipinski definition) is 4. The highest BCUT2D eigenvalue weighted by atomic mass is 31.1.